The minimum Gasteiger partial charge on any atom is -0.431 e. The van der Waals surface area contributed by atoms with Crippen molar-refractivity contribution in [2.75, 3.05) is 6.54 Å². The van der Waals surface area contributed by atoms with Gasteiger partial charge in [0, 0.05) is 18.2 Å². The largest absolute Gasteiger partial charge is 0.431 e. The third kappa shape index (κ3) is 3.29. The van der Waals surface area contributed by atoms with E-state index in [1.54, 1.807) is 0 Å². The van der Waals surface area contributed by atoms with E-state index in [0.29, 0.717) is 12.3 Å². The first-order chi connectivity index (χ1) is 13.9. The van der Waals surface area contributed by atoms with Crippen LogP contribution in [-0.2, 0) is 10.3 Å². The monoisotopic (exact) mass is 500 g/mol. The van der Waals surface area contributed by atoms with Crippen LogP contribution in [0.15, 0.2) is 45.2 Å². The molecule has 1 spiro atoms. The fourth-order valence-electron chi connectivity index (χ4n) is 3.95. The molecule has 0 radical (unpaired) electrons. The van der Waals surface area contributed by atoms with Gasteiger partial charge in [0.1, 0.15) is 23.6 Å². The van der Waals surface area contributed by atoms with Gasteiger partial charge in [0.25, 0.3) is 0 Å². The Morgan fingerprint density at radius 3 is 2.63 bits per heavy atom. The van der Waals surface area contributed by atoms with Crippen LogP contribution < -0.4 is 0 Å². The Morgan fingerprint density at radius 2 is 2.00 bits per heavy atom. The second-order valence-corrected chi connectivity index (χ2v) is 7.91. The number of ether oxygens (including phenoxy) is 1. The summed E-state index contributed by atoms with van der Waals surface area (Å²) in [5.41, 5.74) is -3.19. The van der Waals surface area contributed by atoms with Crippen LogP contribution in [0.2, 0.25) is 0 Å². The molecule has 162 valence electrons. The molecular weight excluding hydrogens is 489 g/mol. The molecule has 0 fully saturated rings. The zero-order valence-electron chi connectivity index (χ0n) is 14.7. The van der Waals surface area contributed by atoms with Crippen LogP contribution in [0.25, 0.3) is 0 Å². The van der Waals surface area contributed by atoms with E-state index in [2.05, 4.69) is 25.7 Å². The molecule has 2 heterocycles. The summed E-state index contributed by atoms with van der Waals surface area (Å²) in [4.78, 5) is 5.15. The number of aliphatic hydroxyl groups is 1. The second-order valence-electron chi connectivity index (χ2n) is 7.05. The summed E-state index contributed by atoms with van der Waals surface area (Å²) in [5.74, 6) is -2.13. The van der Waals surface area contributed by atoms with Gasteiger partial charge in [0.15, 0.2) is 11.6 Å². The number of aliphatic hydroxyl groups excluding tert-OH is 1. The maximum atomic E-state index is 14.6. The lowest BCUT2D eigenvalue weighted by atomic mass is 9.74. The smallest absolute Gasteiger partial charge is 0.417 e. The molecule has 3 atom stereocenters. The molecule has 12 heteroatoms. The van der Waals surface area contributed by atoms with Crippen molar-refractivity contribution in [2.24, 2.45) is 4.99 Å². The molecule has 3 aliphatic rings. The molecule has 1 aromatic carbocycles. The van der Waals surface area contributed by atoms with Crippen molar-refractivity contribution in [1.82, 2.24) is 4.90 Å². The number of benzene rings is 1. The Labute approximate surface area is 173 Å². The van der Waals surface area contributed by atoms with Crippen molar-refractivity contribution in [3.8, 4) is 0 Å². The molecule has 0 amide bonds. The van der Waals surface area contributed by atoms with Crippen LogP contribution in [0.4, 0.5) is 30.7 Å². The molecule has 4 nitrogen and oxygen atoms in total. The summed E-state index contributed by atoms with van der Waals surface area (Å²) in [5, 5.41) is 10.2. The summed E-state index contributed by atoms with van der Waals surface area (Å²) >= 11 is 2.94. The van der Waals surface area contributed by atoms with Gasteiger partial charge >= 0.3 is 12.8 Å². The number of allylic oxidation sites excluding steroid dienone is 2. The third-order valence-electron chi connectivity index (χ3n) is 5.17. The molecule has 1 aromatic rings. The van der Waals surface area contributed by atoms with Crippen molar-refractivity contribution in [3.05, 3.63) is 57.2 Å². The molecular formula is C18H12BrF7N2O2. The van der Waals surface area contributed by atoms with E-state index in [1.165, 1.54) is 12.1 Å². The first kappa shape index (κ1) is 21.2. The number of alkyl halides is 6. The first-order valence-corrected chi connectivity index (χ1v) is 9.35. The quantitative estimate of drug-likeness (QED) is 0.590. The molecule has 1 N–H and O–H groups in total. The highest BCUT2D eigenvalue weighted by Crippen LogP contribution is 2.50. The van der Waals surface area contributed by atoms with Gasteiger partial charge < -0.3 is 14.7 Å². The van der Waals surface area contributed by atoms with Gasteiger partial charge in [-0.1, -0.05) is 6.07 Å². The molecule has 4 rings (SSSR count). The topological polar surface area (TPSA) is 45.1 Å². The van der Waals surface area contributed by atoms with Gasteiger partial charge in [0.05, 0.1) is 16.6 Å². The molecule has 0 unspecified atom stereocenters. The standard InChI is InChI=1S/C18H12BrF7N2O2/c19-9-2-1-8-12(13(9)21)14(29)10(20)4-17(8)6-28-5-7(18(24,25)26)3-11(15(28)27-17)30-16(22)23/h1-3,5,10,14,16,29H,4,6H2/t10-,14+,17-/m1/s1. The van der Waals surface area contributed by atoms with Gasteiger partial charge in [-0.05, 0) is 33.6 Å². The van der Waals surface area contributed by atoms with Gasteiger partial charge in [-0.25, -0.2) is 8.78 Å². The number of aliphatic imine (C=N–C) groups is 1. The predicted octanol–water partition coefficient (Wildman–Crippen LogP) is 4.86. The average Bonchev–Trinajstić information content (AvgIpc) is 3.00. The van der Waals surface area contributed by atoms with E-state index < -0.39 is 54.2 Å². The highest BCUT2D eigenvalue weighted by Gasteiger charge is 2.52. The second kappa shape index (κ2) is 6.98. The van der Waals surface area contributed by atoms with Crippen LogP contribution in [0, 0.1) is 5.82 Å². The summed E-state index contributed by atoms with van der Waals surface area (Å²) in [6, 6.07) is 2.66. The minimum atomic E-state index is -4.86. The number of nitrogens with zero attached hydrogens (tertiary/aromatic N) is 2. The van der Waals surface area contributed by atoms with Crippen LogP contribution >= 0.6 is 15.9 Å². The number of amidine groups is 1. The maximum Gasteiger partial charge on any atom is 0.417 e. The zero-order valence-corrected chi connectivity index (χ0v) is 16.3. The SMILES string of the molecule is O[C@@H]1c2c(ccc(Br)c2F)[C@@]2(C[C@H]1F)CN1C=C(C(F)(F)F)C=C(OC(F)F)C1=N2. The Bertz CT molecular complexity index is 991. The van der Waals surface area contributed by atoms with E-state index in [0.717, 1.165) is 4.90 Å². The lowest BCUT2D eigenvalue weighted by Crippen LogP contribution is -2.41. The summed E-state index contributed by atoms with van der Waals surface area (Å²) in [6.45, 7) is -3.81. The molecule has 1 aliphatic carbocycles. The van der Waals surface area contributed by atoms with Crippen LogP contribution in [0.1, 0.15) is 23.7 Å². The van der Waals surface area contributed by atoms with Crippen LogP contribution in [0.3, 0.4) is 0 Å². The Morgan fingerprint density at radius 1 is 1.30 bits per heavy atom. The third-order valence-corrected chi connectivity index (χ3v) is 5.79. The van der Waals surface area contributed by atoms with E-state index in [4.69, 9.17) is 0 Å². The maximum absolute atomic E-state index is 14.6. The molecule has 0 aromatic heterocycles. The summed E-state index contributed by atoms with van der Waals surface area (Å²) in [7, 11) is 0. The Kier molecular flexibility index (Phi) is 4.92. The number of hydrogen-bond acceptors (Lipinski definition) is 4. The Balaban J connectivity index is 1.87. The van der Waals surface area contributed by atoms with E-state index in [-0.39, 0.29) is 28.0 Å². The lowest BCUT2D eigenvalue weighted by molar-refractivity contribution is -0.0981. The Hall–Kier alpha value is -2.08. The minimum absolute atomic E-state index is 0.0474. The van der Waals surface area contributed by atoms with Crippen molar-refractivity contribution in [3.63, 3.8) is 0 Å². The molecule has 2 aliphatic heterocycles. The fourth-order valence-corrected chi connectivity index (χ4v) is 4.30. The van der Waals surface area contributed by atoms with Gasteiger partial charge in [-0.3, -0.25) is 4.99 Å². The van der Waals surface area contributed by atoms with Gasteiger partial charge in [0.2, 0.25) is 0 Å². The predicted molar refractivity (Wildman–Crippen MR) is 93.7 cm³/mol. The average molecular weight is 501 g/mol. The number of halogens is 8. The van der Waals surface area contributed by atoms with E-state index in [1.807, 2.05) is 0 Å². The van der Waals surface area contributed by atoms with Crippen molar-refractivity contribution >= 4 is 21.8 Å². The highest BCUT2D eigenvalue weighted by molar-refractivity contribution is 9.10. The molecule has 0 saturated heterocycles. The zero-order chi connectivity index (χ0) is 22.0. The number of fused-ring (bicyclic) bond motifs is 3. The van der Waals surface area contributed by atoms with Crippen molar-refractivity contribution < 1.29 is 40.6 Å². The van der Waals surface area contributed by atoms with Crippen LogP contribution in [-0.4, -0.2) is 41.3 Å². The molecule has 0 saturated carbocycles. The van der Waals surface area contributed by atoms with E-state index >= 15 is 0 Å². The first-order valence-electron chi connectivity index (χ1n) is 8.56. The fraction of sp³-hybridized carbons (Fsp3) is 0.389. The highest BCUT2D eigenvalue weighted by atomic mass is 79.9. The summed E-state index contributed by atoms with van der Waals surface area (Å²) in [6.07, 6.45) is -8.11. The number of rotatable bonds is 2. The molecule has 0 bridgehead atoms. The molecule has 30 heavy (non-hydrogen) atoms. The normalized spacial score (nSPS) is 28.2. The summed E-state index contributed by atoms with van der Waals surface area (Å²) < 4.78 is 98.7. The lowest BCUT2D eigenvalue weighted by Gasteiger charge is -2.38. The van der Waals surface area contributed by atoms with Gasteiger partial charge in [-0.15, -0.1) is 0 Å². The van der Waals surface area contributed by atoms with Crippen molar-refractivity contribution in [2.45, 2.75) is 37.0 Å². The van der Waals surface area contributed by atoms with Gasteiger partial charge in [-0.2, -0.15) is 22.0 Å². The van der Waals surface area contributed by atoms with Crippen molar-refractivity contribution in [1.29, 1.82) is 0 Å². The van der Waals surface area contributed by atoms with Crippen LogP contribution in [0.5, 0.6) is 0 Å². The van der Waals surface area contributed by atoms with E-state index in [9.17, 15) is 35.8 Å². The number of hydrogen-bond donors (Lipinski definition) is 1.